The molecule has 0 atom stereocenters. The number of aromatic amines is 1. The quantitative estimate of drug-likeness (QED) is 0.859. The number of aromatic nitrogens is 2. The van der Waals surface area contributed by atoms with E-state index < -0.39 is 0 Å². The first kappa shape index (κ1) is 10.7. The standard InChI is InChI=1S/C12H14N2O2/c1-3-4-10-13-11(8(2)12(15)14-10)9-5-6-16-7-9/h5-7H,3-4H2,1-2H3,(H,13,14,15). The molecule has 0 spiro atoms. The third-order valence-electron chi connectivity index (χ3n) is 2.48. The summed E-state index contributed by atoms with van der Waals surface area (Å²) in [5.41, 5.74) is 2.11. The van der Waals surface area contributed by atoms with Gasteiger partial charge in [-0.1, -0.05) is 6.92 Å². The van der Waals surface area contributed by atoms with Crippen LogP contribution in [0.2, 0.25) is 0 Å². The molecule has 0 amide bonds. The molecule has 2 aromatic rings. The van der Waals surface area contributed by atoms with Crippen LogP contribution in [0.15, 0.2) is 27.8 Å². The van der Waals surface area contributed by atoms with Crippen molar-refractivity contribution < 1.29 is 4.42 Å². The Morgan fingerprint density at radius 3 is 2.94 bits per heavy atom. The van der Waals surface area contributed by atoms with Gasteiger partial charge in [0, 0.05) is 17.5 Å². The van der Waals surface area contributed by atoms with Crippen molar-refractivity contribution in [3.05, 3.63) is 40.3 Å². The summed E-state index contributed by atoms with van der Waals surface area (Å²) in [5.74, 6) is 0.731. The van der Waals surface area contributed by atoms with E-state index in [-0.39, 0.29) is 5.56 Å². The lowest BCUT2D eigenvalue weighted by Gasteiger charge is -2.04. The van der Waals surface area contributed by atoms with Gasteiger partial charge in [0.2, 0.25) is 0 Å². The summed E-state index contributed by atoms with van der Waals surface area (Å²) in [4.78, 5) is 18.9. The number of furan rings is 1. The predicted molar refractivity (Wildman–Crippen MR) is 61.3 cm³/mol. The highest BCUT2D eigenvalue weighted by atomic mass is 16.3. The molecule has 4 nitrogen and oxygen atoms in total. The fourth-order valence-electron chi connectivity index (χ4n) is 1.61. The second kappa shape index (κ2) is 4.35. The van der Waals surface area contributed by atoms with Crippen molar-refractivity contribution in [1.82, 2.24) is 9.97 Å². The second-order valence-corrected chi connectivity index (χ2v) is 3.75. The zero-order valence-corrected chi connectivity index (χ0v) is 9.41. The summed E-state index contributed by atoms with van der Waals surface area (Å²) in [6.45, 7) is 3.82. The summed E-state index contributed by atoms with van der Waals surface area (Å²) < 4.78 is 5.01. The molecule has 4 heteroatoms. The Balaban J connectivity index is 2.56. The van der Waals surface area contributed by atoms with E-state index in [1.807, 2.05) is 6.07 Å². The van der Waals surface area contributed by atoms with Crippen molar-refractivity contribution in [3.8, 4) is 11.3 Å². The minimum absolute atomic E-state index is 0.0744. The Kier molecular flexibility index (Phi) is 2.90. The van der Waals surface area contributed by atoms with Gasteiger partial charge in [0.25, 0.3) is 5.56 Å². The molecule has 0 fully saturated rings. The summed E-state index contributed by atoms with van der Waals surface area (Å²) in [6.07, 6.45) is 4.92. The van der Waals surface area contributed by atoms with Gasteiger partial charge in [-0.05, 0) is 19.4 Å². The molecule has 0 bridgehead atoms. The lowest BCUT2D eigenvalue weighted by molar-refractivity contribution is 0.568. The molecule has 0 aliphatic heterocycles. The van der Waals surface area contributed by atoms with Crippen LogP contribution in [0.4, 0.5) is 0 Å². The third-order valence-corrected chi connectivity index (χ3v) is 2.48. The summed E-state index contributed by atoms with van der Waals surface area (Å²) >= 11 is 0. The number of H-pyrrole nitrogens is 1. The van der Waals surface area contributed by atoms with Gasteiger partial charge in [-0.25, -0.2) is 4.98 Å². The van der Waals surface area contributed by atoms with Gasteiger partial charge in [0.05, 0.1) is 18.2 Å². The van der Waals surface area contributed by atoms with Gasteiger partial charge >= 0.3 is 0 Å². The molecule has 0 saturated heterocycles. The minimum atomic E-state index is -0.0744. The number of hydrogen-bond acceptors (Lipinski definition) is 3. The Morgan fingerprint density at radius 2 is 2.31 bits per heavy atom. The van der Waals surface area contributed by atoms with Crippen LogP contribution in [0.25, 0.3) is 11.3 Å². The molecule has 1 N–H and O–H groups in total. The highest BCUT2D eigenvalue weighted by Crippen LogP contribution is 2.19. The molecule has 0 radical (unpaired) electrons. The number of aryl methyl sites for hydroxylation is 1. The first-order valence-electron chi connectivity index (χ1n) is 5.34. The van der Waals surface area contributed by atoms with Crippen molar-refractivity contribution in [2.45, 2.75) is 26.7 Å². The SMILES string of the molecule is CCCc1nc(-c2ccoc2)c(C)c(=O)[nH]1. The minimum Gasteiger partial charge on any atom is -0.472 e. The van der Waals surface area contributed by atoms with Crippen LogP contribution >= 0.6 is 0 Å². The fourth-order valence-corrected chi connectivity index (χ4v) is 1.61. The van der Waals surface area contributed by atoms with Crippen molar-refractivity contribution >= 4 is 0 Å². The van der Waals surface area contributed by atoms with Gasteiger partial charge in [0.15, 0.2) is 0 Å². The van der Waals surface area contributed by atoms with Gasteiger partial charge in [-0.3, -0.25) is 4.79 Å². The van der Waals surface area contributed by atoms with E-state index in [0.717, 1.165) is 24.2 Å². The number of nitrogens with one attached hydrogen (secondary N) is 1. The third kappa shape index (κ3) is 1.91. The molecule has 0 unspecified atom stereocenters. The summed E-state index contributed by atoms with van der Waals surface area (Å²) in [6, 6.07) is 1.81. The van der Waals surface area contributed by atoms with Gasteiger partial charge < -0.3 is 9.40 Å². The molecule has 2 aromatic heterocycles. The number of hydrogen-bond donors (Lipinski definition) is 1. The molecule has 16 heavy (non-hydrogen) atoms. The second-order valence-electron chi connectivity index (χ2n) is 3.75. The average molecular weight is 218 g/mol. The van der Waals surface area contributed by atoms with E-state index in [1.54, 1.807) is 19.5 Å². The summed E-state index contributed by atoms with van der Waals surface area (Å²) in [5, 5.41) is 0. The van der Waals surface area contributed by atoms with Crippen molar-refractivity contribution in [2.75, 3.05) is 0 Å². The Labute approximate surface area is 93.3 Å². The smallest absolute Gasteiger partial charge is 0.254 e. The molecule has 0 saturated carbocycles. The first-order chi connectivity index (χ1) is 7.72. The highest BCUT2D eigenvalue weighted by molar-refractivity contribution is 5.60. The van der Waals surface area contributed by atoms with Gasteiger partial charge in [-0.15, -0.1) is 0 Å². The van der Waals surface area contributed by atoms with Crippen LogP contribution in [0.3, 0.4) is 0 Å². The van der Waals surface area contributed by atoms with E-state index in [0.29, 0.717) is 11.3 Å². The lowest BCUT2D eigenvalue weighted by Crippen LogP contribution is -2.15. The van der Waals surface area contributed by atoms with Gasteiger partial charge in [0.1, 0.15) is 5.82 Å². The Bertz CT molecular complexity index is 526. The monoisotopic (exact) mass is 218 g/mol. The molecular weight excluding hydrogens is 204 g/mol. The average Bonchev–Trinajstić information content (AvgIpc) is 2.76. The van der Waals surface area contributed by atoms with E-state index in [4.69, 9.17) is 4.42 Å². The normalized spacial score (nSPS) is 10.6. The van der Waals surface area contributed by atoms with Crippen LogP contribution in [-0.2, 0) is 6.42 Å². The Hall–Kier alpha value is -1.84. The molecule has 0 aliphatic rings. The maximum absolute atomic E-state index is 11.7. The van der Waals surface area contributed by atoms with Crippen molar-refractivity contribution in [2.24, 2.45) is 0 Å². The maximum atomic E-state index is 11.7. The molecule has 2 rings (SSSR count). The van der Waals surface area contributed by atoms with Crippen molar-refractivity contribution in [1.29, 1.82) is 0 Å². The molecule has 0 aliphatic carbocycles. The van der Waals surface area contributed by atoms with Crippen LogP contribution in [0.5, 0.6) is 0 Å². The van der Waals surface area contributed by atoms with E-state index in [2.05, 4.69) is 16.9 Å². The fraction of sp³-hybridized carbons (Fsp3) is 0.333. The molecule has 0 aromatic carbocycles. The van der Waals surface area contributed by atoms with E-state index in [9.17, 15) is 4.79 Å². The molecule has 2 heterocycles. The predicted octanol–water partition coefficient (Wildman–Crippen LogP) is 2.29. The number of rotatable bonds is 3. The lowest BCUT2D eigenvalue weighted by atomic mass is 10.1. The largest absolute Gasteiger partial charge is 0.472 e. The first-order valence-corrected chi connectivity index (χ1v) is 5.34. The zero-order chi connectivity index (χ0) is 11.5. The van der Waals surface area contributed by atoms with Crippen LogP contribution in [0.1, 0.15) is 24.7 Å². The Morgan fingerprint density at radius 1 is 1.50 bits per heavy atom. The topological polar surface area (TPSA) is 58.9 Å². The highest BCUT2D eigenvalue weighted by Gasteiger charge is 2.10. The zero-order valence-electron chi connectivity index (χ0n) is 9.41. The van der Waals surface area contributed by atoms with Gasteiger partial charge in [-0.2, -0.15) is 0 Å². The van der Waals surface area contributed by atoms with E-state index in [1.165, 1.54) is 0 Å². The molecular formula is C12H14N2O2. The molecule has 84 valence electrons. The van der Waals surface area contributed by atoms with Crippen LogP contribution in [0, 0.1) is 6.92 Å². The van der Waals surface area contributed by atoms with Crippen LogP contribution in [-0.4, -0.2) is 9.97 Å². The van der Waals surface area contributed by atoms with Crippen LogP contribution < -0.4 is 5.56 Å². The maximum Gasteiger partial charge on any atom is 0.254 e. The number of nitrogens with zero attached hydrogens (tertiary/aromatic N) is 1. The van der Waals surface area contributed by atoms with E-state index >= 15 is 0 Å². The van der Waals surface area contributed by atoms with Crippen molar-refractivity contribution in [3.63, 3.8) is 0 Å². The summed E-state index contributed by atoms with van der Waals surface area (Å²) in [7, 11) is 0.